The molecule has 8 aliphatic rings. The molecule has 4 aromatic carbocycles. The Morgan fingerprint density at radius 3 is 1.14 bits per heavy atom. The molecular weight excluding hydrogens is 1620 g/mol. The summed E-state index contributed by atoms with van der Waals surface area (Å²) in [5, 5.41) is 53.9. The van der Waals surface area contributed by atoms with Crippen LogP contribution in [0, 0.1) is 17.5 Å². The smallest absolute Gasteiger partial charge is 0.219 e. The third-order valence-corrected chi connectivity index (χ3v) is 24.3. The normalized spacial score (nSPS) is 18.3. The number of amides is 4. The molecule has 0 bridgehead atoms. The van der Waals surface area contributed by atoms with Gasteiger partial charge in [-0.05, 0) is 97.0 Å². The fourth-order valence-electron chi connectivity index (χ4n) is 17.2. The predicted octanol–water partition coefficient (Wildman–Crippen LogP) is 12.0. The largest absolute Gasteiger partial charge is 0.379 e. The Morgan fingerprint density at radius 1 is 0.387 bits per heavy atom. The van der Waals surface area contributed by atoms with E-state index in [-0.39, 0.29) is 59.4 Å². The first-order valence-corrected chi connectivity index (χ1v) is 42.2. The lowest BCUT2D eigenvalue weighted by Crippen LogP contribution is -2.35. The summed E-state index contributed by atoms with van der Waals surface area (Å²) in [6.07, 6.45) is 19.2. The second-order valence-electron chi connectivity index (χ2n) is 32.4. The van der Waals surface area contributed by atoms with E-state index in [0.717, 1.165) is 142 Å². The topological polar surface area (TPSA) is 322 Å². The molecule has 37 heteroatoms. The van der Waals surface area contributed by atoms with Gasteiger partial charge in [0.05, 0.1) is 124 Å². The van der Waals surface area contributed by atoms with Crippen molar-refractivity contribution in [1.82, 2.24) is 103 Å². The number of nitrogens with one attached hydrogen (secondary N) is 4. The molecule has 0 saturated carbocycles. The Morgan fingerprint density at radius 2 is 0.766 bits per heavy atom. The van der Waals surface area contributed by atoms with Crippen molar-refractivity contribution in [3.8, 4) is 44.6 Å². The lowest BCUT2D eigenvalue weighted by atomic mass is 10.1. The van der Waals surface area contributed by atoms with E-state index in [1.165, 1.54) is 34.8 Å². The fraction of sp³-hybridized carbons (Fsp3) is 0.414. The van der Waals surface area contributed by atoms with Crippen molar-refractivity contribution in [2.75, 3.05) is 100 Å². The van der Waals surface area contributed by atoms with Crippen LogP contribution in [0.2, 0.25) is 5.02 Å². The molecule has 648 valence electrons. The van der Waals surface area contributed by atoms with Crippen molar-refractivity contribution >= 4 is 81.3 Å². The lowest BCUT2D eigenvalue weighted by molar-refractivity contribution is -0.130. The van der Waals surface area contributed by atoms with Gasteiger partial charge in [-0.2, -0.15) is 50.7 Å². The number of carbonyl (C=O) groups is 4. The van der Waals surface area contributed by atoms with Crippen LogP contribution in [-0.4, -0.2) is 206 Å². The number of aromatic nitrogens is 17. The van der Waals surface area contributed by atoms with Crippen molar-refractivity contribution in [1.29, 1.82) is 0 Å². The minimum atomic E-state index is -0.408. The average molecular weight is 1720 g/mol. The molecular formula is C87H99ClF3N25O8. The monoisotopic (exact) mass is 1710 g/mol. The molecule has 4 amide bonds. The Bertz CT molecular complexity index is 5780. The Balaban J connectivity index is 0.000000117. The molecule has 16 heterocycles. The molecule has 0 radical (unpaired) electrons. The van der Waals surface area contributed by atoms with E-state index < -0.39 is 5.82 Å². The summed E-state index contributed by atoms with van der Waals surface area (Å²) in [6, 6.07) is 21.3. The number of nitrogens with zero attached hydrogens (tertiary/aromatic N) is 21. The number of ether oxygens (including phenoxy) is 4. The van der Waals surface area contributed by atoms with E-state index in [1.54, 1.807) is 101 Å². The molecule has 8 aromatic heterocycles. The Kier molecular flexibility index (Phi) is 24.4. The van der Waals surface area contributed by atoms with Crippen LogP contribution in [0.25, 0.3) is 44.6 Å². The summed E-state index contributed by atoms with van der Waals surface area (Å²) >= 11 is 6.62. The first kappa shape index (κ1) is 83.7. The highest BCUT2D eigenvalue weighted by molar-refractivity contribution is 6.33. The Hall–Kier alpha value is -12.5. The minimum Gasteiger partial charge on any atom is -0.379 e. The summed E-state index contributed by atoms with van der Waals surface area (Å²) in [5.74, 6) is 1.64. The number of hydrogen-bond donors (Lipinski definition) is 4. The maximum atomic E-state index is 14.9. The number of fused-ring (bicyclic) bond motifs is 4. The molecule has 0 aliphatic carbocycles. The summed E-state index contributed by atoms with van der Waals surface area (Å²) < 4.78 is 79.7. The van der Waals surface area contributed by atoms with E-state index in [4.69, 9.17) is 50.9 Å². The van der Waals surface area contributed by atoms with Crippen molar-refractivity contribution in [2.45, 2.75) is 129 Å². The first-order chi connectivity index (χ1) is 59.9. The second kappa shape index (κ2) is 36.1. The summed E-state index contributed by atoms with van der Waals surface area (Å²) in [4.78, 5) is 56.6. The summed E-state index contributed by atoms with van der Waals surface area (Å²) in [5.41, 5.74) is 17.1. The van der Waals surface area contributed by atoms with E-state index in [9.17, 15) is 32.3 Å². The molecule has 12 aromatic rings. The van der Waals surface area contributed by atoms with Crippen LogP contribution in [0.4, 0.5) is 59.2 Å². The van der Waals surface area contributed by atoms with Gasteiger partial charge >= 0.3 is 0 Å². The van der Waals surface area contributed by atoms with Gasteiger partial charge in [0.2, 0.25) is 23.6 Å². The van der Waals surface area contributed by atoms with Crippen molar-refractivity contribution in [3.63, 3.8) is 0 Å². The zero-order valence-electron chi connectivity index (χ0n) is 70.4. The summed E-state index contributed by atoms with van der Waals surface area (Å²) in [6.45, 7) is 16.4. The third-order valence-electron chi connectivity index (χ3n) is 24.0. The van der Waals surface area contributed by atoms with Crippen LogP contribution in [0.3, 0.4) is 0 Å². The molecule has 4 atom stereocenters. The van der Waals surface area contributed by atoms with Crippen molar-refractivity contribution in [3.05, 3.63) is 184 Å². The first-order valence-electron chi connectivity index (χ1n) is 41.8. The SMILES string of the molecule is CC(=O)N1CCc2c(c(Nc3cc(-c4cnn(C)c4)ccc3F)nn2C2CCOC2)C1.CC(=O)N1CCc2c(c(Nc3cc(F)cc(-c4cnn(C)c4)c3)nn2C2CCOC2)C1.CC(=O)N1CCc2c(c(Nc3ccc(-c4cnn(C)c4)cc3Cl)nn2C2CCOC2)C1.CC(=O)N1CCc2c(c(Nc3ccc(-c4cnn(C)n4)cc3F)nn2C2CCOC2)C1. The number of anilines is 8. The van der Waals surface area contributed by atoms with Crippen molar-refractivity contribution in [2.24, 2.45) is 28.2 Å². The average Bonchev–Trinajstić information content (AvgIpc) is 1.63. The minimum absolute atomic E-state index is 0.0213. The van der Waals surface area contributed by atoms with Gasteiger partial charge in [-0.15, -0.1) is 0 Å². The standard InChI is InChI=1S/C22H25ClN6O2.2C22H25FN6O2.C21H24FN7O2/c1-14(30)28-7-5-21-18(12-28)22(26-29(21)17-6-8-31-13-17)25-20-4-3-15(9-19(20)23)16-10-24-27(2)11-16;1-14(30)28-5-3-21-20(12-28)22(26-29(21)19-4-6-31-13-19)25-18-8-15(7-17(23)9-18)16-10-24-27(2)11-16;1-14(30)28-7-5-21-18(12-28)22(26-29(21)17-6-8-31-13-17)25-20-9-15(3-4-19(20)23)16-10-24-27(2)11-16;1-13(30)28-7-5-20-16(11-28)21(26-29(20)15-6-8-31-12-15)24-18-4-3-14(9-17(18)22)19-10-23-27(2)25-19/h3-4,9-11,17H,5-8,12-13H2,1-2H3,(H,25,26);7-11,19H,3-6,12-13H2,1-2H3,(H,25,26);3-4,9-11,17H,5-8,12-13H2,1-2H3,(H,25,26);3-4,9-10,15H,5-8,11-12H2,1-2H3,(H,24,26). The van der Waals surface area contributed by atoms with Crippen LogP contribution in [0.1, 0.15) is 123 Å². The fourth-order valence-corrected chi connectivity index (χ4v) is 17.5. The van der Waals surface area contributed by atoms with Gasteiger partial charge in [-0.25, -0.2) is 13.2 Å². The molecule has 8 aliphatic heterocycles. The summed E-state index contributed by atoms with van der Waals surface area (Å²) in [7, 11) is 7.28. The van der Waals surface area contributed by atoms with E-state index >= 15 is 0 Å². The maximum absolute atomic E-state index is 14.9. The molecule has 4 fully saturated rings. The lowest BCUT2D eigenvalue weighted by Gasteiger charge is -2.27. The van der Waals surface area contributed by atoms with Crippen LogP contribution in [0.5, 0.6) is 0 Å². The van der Waals surface area contributed by atoms with Gasteiger partial charge < -0.3 is 59.8 Å². The van der Waals surface area contributed by atoms with Gasteiger partial charge in [0, 0.05) is 226 Å². The molecule has 33 nitrogen and oxygen atoms in total. The predicted molar refractivity (Wildman–Crippen MR) is 456 cm³/mol. The Labute approximate surface area is 718 Å². The maximum Gasteiger partial charge on any atom is 0.219 e. The van der Waals surface area contributed by atoms with Gasteiger partial charge in [0.15, 0.2) is 23.3 Å². The van der Waals surface area contributed by atoms with Gasteiger partial charge in [-0.3, -0.25) is 52.0 Å². The highest BCUT2D eigenvalue weighted by atomic mass is 35.5. The second-order valence-corrected chi connectivity index (χ2v) is 32.9. The van der Waals surface area contributed by atoms with E-state index in [0.29, 0.717) is 149 Å². The third kappa shape index (κ3) is 18.1. The highest BCUT2D eigenvalue weighted by Crippen LogP contribution is 2.41. The van der Waals surface area contributed by atoms with Crippen molar-refractivity contribution < 1.29 is 51.3 Å². The van der Waals surface area contributed by atoms with E-state index in [2.05, 4.69) is 51.4 Å². The van der Waals surface area contributed by atoms with Crippen LogP contribution < -0.4 is 21.3 Å². The number of carbonyl (C=O) groups excluding carboxylic acids is 4. The molecule has 4 N–H and O–H groups in total. The van der Waals surface area contributed by atoms with Gasteiger partial charge in [0.25, 0.3) is 0 Å². The zero-order chi connectivity index (χ0) is 86.1. The van der Waals surface area contributed by atoms with Gasteiger partial charge in [0.1, 0.15) is 23.1 Å². The van der Waals surface area contributed by atoms with Crippen LogP contribution in [-0.2, 0) is 118 Å². The molecule has 0 spiro atoms. The molecule has 4 saturated heterocycles. The van der Waals surface area contributed by atoms with E-state index in [1.807, 2.05) is 94.0 Å². The number of halogens is 4. The van der Waals surface area contributed by atoms with Crippen LogP contribution in [0.15, 0.2) is 116 Å². The zero-order valence-corrected chi connectivity index (χ0v) is 71.2. The molecule has 4 unspecified atom stereocenters. The number of hydrogen-bond acceptors (Lipinski definition) is 21. The number of benzene rings is 4. The number of rotatable bonds is 16. The quantitative estimate of drug-likeness (QED) is 0.0698. The highest BCUT2D eigenvalue weighted by Gasteiger charge is 2.37. The van der Waals surface area contributed by atoms with Gasteiger partial charge in [-0.1, -0.05) is 29.8 Å². The number of aryl methyl sites for hydroxylation is 4. The molecule has 124 heavy (non-hydrogen) atoms. The molecule has 20 rings (SSSR count). The van der Waals surface area contributed by atoms with Crippen LogP contribution >= 0.6 is 11.6 Å².